The normalized spacial score (nSPS) is 14.6. The zero-order chi connectivity index (χ0) is 18.6. The van der Waals surface area contributed by atoms with Gasteiger partial charge in [-0.3, -0.25) is 9.69 Å². The molecule has 27 heavy (non-hydrogen) atoms. The van der Waals surface area contributed by atoms with Crippen LogP contribution in [0.3, 0.4) is 0 Å². The minimum absolute atomic E-state index is 0.0473. The molecule has 2 aromatic heterocycles. The molecule has 1 saturated heterocycles. The van der Waals surface area contributed by atoms with Crippen molar-refractivity contribution in [1.29, 1.82) is 0 Å². The van der Waals surface area contributed by atoms with Crippen LogP contribution in [-0.2, 0) is 13.1 Å². The third-order valence-corrected chi connectivity index (χ3v) is 7.01. The van der Waals surface area contributed by atoms with E-state index in [-0.39, 0.29) is 5.91 Å². The summed E-state index contributed by atoms with van der Waals surface area (Å²) in [4.78, 5) is 21.4. The first-order valence-electron chi connectivity index (χ1n) is 9.29. The number of carbonyl (C=O) groups excluding carboxylic acids is 1. The summed E-state index contributed by atoms with van der Waals surface area (Å²) in [6.07, 6.45) is 2.63. The zero-order valence-corrected chi connectivity index (χ0v) is 17.0. The molecule has 6 heteroatoms. The van der Waals surface area contributed by atoms with Crippen LogP contribution >= 0.6 is 22.7 Å². The van der Waals surface area contributed by atoms with E-state index in [4.69, 9.17) is 0 Å². The number of hydrogen-bond donors (Lipinski definition) is 1. The van der Waals surface area contributed by atoms with Gasteiger partial charge in [-0.25, -0.2) is 4.98 Å². The lowest BCUT2D eigenvalue weighted by molar-refractivity contribution is 0.0954. The van der Waals surface area contributed by atoms with Crippen molar-refractivity contribution in [2.24, 2.45) is 0 Å². The van der Waals surface area contributed by atoms with Gasteiger partial charge in [-0.2, -0.15) is 0 Å². The number of benzene rings is 1. The summed E-state index contributed by atoms with van der Waals surface area (Å²) in [5.41, 5.74) is 3.25. The van der Waals surface area contributed by atoms with Gasteiger partial charge in [-0.15, -0.1) is 22.7 Å². The molecule has 1 aromatic carbocycles. The maximum absolute atomic E-state index is 12.6. The van der Waals surface area contributed by atoms with Crippen LogP contribution < -0.4 is 5.32 Å². The Morgan fingerprint density at radius 3 is 2.59 bits per heavy atom. The van der Waals surface area contributed by atoms with Gasteiger partial charge in [0.15, 0.2) is 0 Å². The molecule has 0 atom stereocenters. The van der Waals surface area contributed by atoms with Crippen LogP contribution in [0.15, 0.2) is 41.8 Å². The number of nitrogens with zero attached hydrogens (tertiary/aromatic N) is 2. The van der Waals surface area contributed by atoms with Crippen molar-refractivity contribution in [1.82, 2.24) is 15.2 Å². The van der Waals surface area contributed by atoms with Gasteiger partial charge >= 0.3 is 0 Å². The largest absolute Gasteiger partial charge is 0.347 e. The summed E-state index contributed by atoms with van der Waals surface area (Å²) in [5, 5.41) is 5.97. The van der Waals surface area contributed by atoms with Crippen molar-refractivity contribution in [3.8, 4) is 9.88 Å². The van der Waals surface area contributed by atoms with Crippen molar-refractivity contribution in [2.45, 2.75) is 32.9 Å². The van der Waals surface area contributed by atoms with E-state index >= 15 is 0 Å². The van der Waals surface area contributed by atoms with E-state index < -0.39 is 0 Å². The fraction of sp³-hybridized carbons (Fsp3) is 0.333. The Morgan fingerprint density at radius 1 is 1.15 bits per heavy atom. The second-order valence-electron chi connectivity index (χ2n) is 6.89. The number of aryl methyl sites for hydroxylation is 1. The number of nitrogens with one attached hydrogen (secondary N) is 1. The van der Waals surface area contributed by atoms with Gasteiger partial charge in [0, 0.05) is 13.1 Å². The molecule has 1 amide bonds. The maximum Gasteiger partial charge on any atom is 0.263 e. The van der Waals surface area contributed by atoms with Crippen LogP contribution in [0.2, 0.25) is 0 Å². The fourth-order valence-electron chi connectivity index (χ4n) is 3.34. The third kappa shape index (κ3) is 4.46. The molecule has 0 bridgehead atoms. The summed E-state index contributed by atoms with van der Waals surface area (Å²) >= 11 is 3.11. The first-order chi connectivity index (χ1) is 13.2. The quantitative estimate of drug-likeness (QED) is 0.655. The number of thiazole rings is 1. The molecule has 3 heterocycles. The average Bonchev–Trinajstić information content (AvgIpc) is 3.42. The number of aromatic nitrogens is 1. The lowest BCUT2D eigenvalue weighted by Crippen LogP contribution is -2.22. The highest BCUT2D eigenvalue weighted by Crippen LogP contribution is 2.31. The van der Waals surface area contributed by atoms with Gasteiger partial charge in [0.1, 0.15) is 9.88 Å². The summed E-state index contributed by atoms with van der Waals surface area (Å²) < 4.78 is 0. The first-order valence-corrected chi connectivity index (χ1v) is 11.0. The minimum atomic E-state index is -0.0473. The van der Waals surface area contributed by atoms with Crippen LogP contribution in [0.25, 0.3) is 9.88 Å². The van der Waals surface area contributed by atoms with Gasteiger partial charge in [-0.05, 0) is 55.4 Å². The second kappa shape index (κ2) is 8.33. The van der Waals surface area contributed by atoms with Crippen LogP contribution in [-0.4, -0.2) is 28.9 Å². The summed E-state index contributed by atoms with van der Waals surface area (Å²) in [6.45, 7) is 5.88. The van der Waals surface area contributed by atoms with Gasteiger partial charge in [0.2, 0.25) is 0 Å². The summed E-state index contributed by atoms with van der Waals surface area (Å²) in [5.74, 6) is -0.0473. The number of carbonyl (C=O) groups is 1. The van der Waals surface area contributed by atoms with Gasteiger partial charge < -0.3 is 5.32 Å². The van der Waals surface area contributed by atoms with E-state index in [9.17, 15) is 4.79 Å². The Morgan fingerprint density at radius 2 is 1.89 bits per heavy atom. The predicted molar refractivity (Wildman–Crippen MR) is 112 cm³/mol. The highest BCUT2D eigenvalue weighted by atomic mass is 32.1. The topological polar surface area (TPSA) is 45.2 Å². The second-order valence-corrected chi connectivity index (χ2v) is 8.84. The van der Waals surface area contributed by atoms with E-state index in [1.165, 1.54) is 42.8 Å². The number of hydrogen-bond acceptors (Lipinski definition) is 5. The van der Waals surface area contributed by atoms with Crippen molar-refractivity contribution in [2.75, 3.05) is 13.1 Å². The van der Waals surface area contributed by atoms with Crippen molar-refractivity contribution in [3.05, 3.63) is 63.5 Å². The molecule has 0 unspecified atom stereocenters. The van der Waals surface area contributed by atoms with Crippen LogP contribution in [0.1, 0.15) is 39.3 Å². The molecule has 1 N–H and O–H groups in total. The van der Waals surface area contributed by atoms with Crippen molar-refractivity contribution in [3.63, 3.8) is 0 Å². The molecule has 4 nitrogen and oxygen atoms in total. The molecule has 4 rings (SSSR count). The molecular formula is C21H23N3OS2. The molecule has 0 spiro atoms. The molecule has 0 saturated carbocycles. The van der Waals surface area contributed by atoms with Crippen LogP contribution in [0, 0.1) is 6.92 Å². The lowest BCUT2D eigenvalue weighted by atomic mass is 10.1. The molecule has 1 aliphatic heterocycles. The molecule has 0 aliphatic carbocycles. The summed E-state index contributed by atoms with van der Waals surface area (Å²) in [7, 11) is 0. The van der Waals surface area contributed by atoms with E-state index in [1.807, 2.05) is 24.4 Å². The standard InChI is InChI=1S/C21H23N3OS2/c1-15-19(27-21(23-15)18-5-4-12-26-18)20(25)22-13-16-6-8-17(9-7-16)14-24-10-2-3-11-24/h4-9,12H,2-3,10-11,13-14H2,1H3,(H,22,25). The van der Waals surface area contributed by atoms with E-state index in [0.29, 0.717) is 11.4 Å². The molecule has 1 fully saturated rings. The Bertz CT molecular complexity index is 894. The van der Waals surface area contributed by atoms with E-state index in [2.05, 4.69) is 39.5 Å². The number of rotatable bonds is 6. The Labute approximate surface area is 167 Å². The number of thiophene rings is 1. The zero-order valence-electron chi connectivity index (χ0n) is 15.4. The van der Waals surface area contributed by atoms with Gasteiger partial charge in [0.25, 0.3) is 5.91 Å². The fourth-order valence-corrected chi connectivity index (χ4v) is 5.12. The molecular weight excluding hydrogens is 374 g/mol. The predicted octanol–water partition coefficient (Wildman–Crippen LogP) is 4.71. The Hall–Kier alpha value is -2.02. The first kappa shape index (κ1) is 18.3. The van der Waals surface area contributed by atoms with Crippen LogP contribution in [0.4, 0.5) is 0 Å². The molecule has 1 aliphatic rings. The highest BCUT2D eigenvalue weighted by molar-refractivity contribution is 7.22. The van der Waals surface area contributed by atoms with E-state index in [0.717, 1.165) is 27.7 Å². The summed E-state index contributed by atoms with van der Waals surface area (Å²) in [6, 6.07) is 12.6. The van der Waals surface area contributed by atoms with Crippen molar-refractivity contribution >= 4 is 28.6 Å². The number of likely N-dealkylation sites (tertiary alicyclic amines) is 1. The maximum atomic E-state index is 12.6. The van der Waals surface area contributed by atoms with E-state index in [1.54, 1.807) is 11.3 Å². The highest BCUT2D eigenvalue weighted by Gasteiger charge is 2.16. The smallest absolute Gasteiger partial charge is 0.263 e. The SMILES string of the molecule is Cc1nc(-c2cccs2)sc1C(=O)NCc1ccc(CN2CCCC2)cc1. The Kier molecular flexibility index (Phi) is 5.66. The van der Waals surface area contributed by atoms with Crippen LogP contribution in [0.5, 0.6) is 0 Å². The molecule has 0 radical (unpaired) electrons. The monoisotopic (exact) mass is 397 g/mol. The molecule has 3 aromatic rings. The van der Waals surface area contributed by atoms with Crippen molar-refractivity contribution < 1.29 is 4.79 Å². The van der Waals surface area contributed by atoms with Gasteiger partial charge in [-0.1, -0.05) is 30.3 Å². The minimum Gasteiger partial charge on any atom is -0.347 e. The molecule has 140 valence electrons. The third-order valence-electron chi connectivity index (χ3n) is 4.82. The van der Waals surface area contributed by atoms with Gasteiger partial charge in [0.05, 0.1) is 10.6 Å². The average molecular weight is 398 g/mol. The Balaban J connectivity index is 1.35. The lowest BCUT2D eigenvalue weighted by Gasteiger charge is -2.14. The number of amides is 1.